The Morgan fingerprint density at radius 2 is 1.68 bits per heavy atom. The number of ether oxygens (including phenoxy) is 1. The van der Waals surface area contributed by atoms with Gasteiger partial charge in [0.1, 0.15) is 5.75 Å². The highest BCUT2D eigenvalue weighted by atomic mass is 16.5. The van der Waals surface area contributed by atoms with E-state index in [2.05, 4.69) is 32.2 Å². The van der Waals surface area contributed by atoms with Crippen molar-refractivity contribution >= 4 is 0 Å². The molecule has 1 aromatic carbocycles. The van der Waals surface area contributed by atoms with Crippen molar-refractivity contribution in [3.05, 3.63) is 54.6 Å². The van der Waals surface area contributed by atoms with Crippen molar-refractivity contribution in [3.8, 4) is 5.75 Å². The van der Waals surface area contributed by atoms with Gasteiger partial charge in [-0.05, 0) is 38.3 Å². The zero-order valence-electron chi connectivity index (χ0n) is 12.2. The summed E-state index contributed by atoms with van der Waals surface area (Å²) < 4.78 is 5.70. The van der Waals surface area contributed by atoms with E-state index in [1.807, 2.05) is 18.2 Å². The normalized spacial score (nSPS) is 10.2. The molecule has 104 valence electrons. The molecule has 0 aliphatic rings. The monoisotopic (exact) mass is 258 g/mol. The molecule has 1 heteroatoms. The zero-order chi connectivity index (χ0) is 13.9. The van der Waals surface area contributed by atoms with Gasteiger partial charge in [0.25, 0.3) is 0 Å². The van der Waals surface area contributed by atoms with Crippen molar-refractivity contribution in [2.24, 2.45) is 0 Å². The third-order valence-electron chi connectivity index (χ3n) is 3.22. The topological polar surface area (TPSA) is 9.23 Å². The Kier molecular flexibility index (Phi) is 7.72. The average Bonchev–Trinajstić information content (AvgIpc) is 2.43. The van der Waals surface area contributed by atoms with Crippen molar-refractivity contribution in [1.82, 2.24) is 0 Å². The first-order valence-corrected chi connectivity index (χ1v) is 7.22. The molecule has 1 nitrogen and oxygen atoms in total. The molecular formula is C18H26O. The van der Waals surface area contributed by atoms with Crippen LogP contribution >= 0.6 is 0 Å². The van der Waals surface area contributed by atoms with Gasteiger partial charge in [0.2, 0.25) is 0 Å². The Balaban J connectivity index is 1.95. The number of aryl methyl sites for hydroxylation is 1. The number of benzene rings is 1. The molecule has 0 bridgehead atoms. The summed E-state index contributed by atoms with van der Waals surface area (Å²) in [4.78, 5) is 0. The van der Waals surface area contributed by atoms with E-state index in [0.29, 0.717) is 0 Å². The minimum absolute atomic E-state index is 0.822. The molecule has 1 rings (SSSR count). The van der Waals surface area contributed by atoms with E-state index < -0.39 is 0 Å². The van der Waals surface area contributed by atoms with E-state index in [4.69, 9.17) is 4.74 Å². The molecule has 0 heterocycles. The fraction of sp³-hybridized carbons (Fsp3) is 0.444. The fourth-order valence-corrected chi connectivity index (χ4v) is 1.91. The molecule has 19 heavy (non-hydrogen) atoms. The largest absolute Gasteiger partial charge is 0.494 e. The summed E-state index contributed by atoms with van der Waals surface area (Å²) in [6.45, 7) is 10.6. The minimum Gasteiger partial charge on any atom is -0.494 e. The lowest BCUT2D eigenvalue weighted by atomic mass is 10.1. The molecule has 0 spiro atoms. The standard InChI is InChI=1S/C18H26O/c1-4-16(2)10-8-6-5-7-9-15-19-18-13-11-17(3)12-14-18/h4,11-14H,1-2,5-10,15H2,3H3. The summed E-state index contributed by atoms with van der Waals surface area (Å²) in [5.41, 5.74) is 2.43. The summed E-state index contributed by atoms with van der Waals surface area (Å²) in [5, 5.41) is 0. The van der Waals surface area contributed by atoms with Crippen LogP contribution < -0.4 is 4.74 Å². The van der Waals surface area contributed by atoms with Crippen molar-refractivity contribution in [2.45, 2.75) is 45.4 Å². The van der Waals surface area contributed by atoms with E-state index in [-0.39, 0.29) is 0 Å². The summed E-state index contributed by atoms with van der Waals surface area (Å²) in [6.07, 6.45) is 9.10. The average molecular weight is 258 g/mol. The number of rotatable bonds is 10. The van der Waals surface area contributed by atoms with Crippen LogP contribution in [-0.4, -0.2) is 6.61 Å². The van der Waals surface area contributed by atoms with Crippen LogP contribution in [0.3, 0.4) is 0 Å². The lowest BCUT2D eigenvalue weighted by molar-refractivity contribution is 0.304. The molecule has 0 fully saturated rings. The van der Waals surface area contributed by atoms with Gasteiger partial charge >= 0.3 is 0 Å². The van der Waals surface area contributed by atoms with E-state index in [0.717, 1.165) is 30.8 Å². The lowest BCUT2D eigenvalue weighted by Crippen LogP contribution is -1.97. The Labute approximate surface area is 118 Å². The van der Waals surface area contributed by atoms with Gasteiger partial charge < -0.3 is 4.74 Å². The van der Waals surface area contributed by atoms with E-state index in [9.17, 15) is 0 Å². The second kappa shape index (κ2) is 9.43. The molecule has 0 saturated carbocycles. The highest BCUT2D eigenvalue weighted by molar-refractivity contribution is 5.26. The minimum atomic E-state index is 0.822. The first-order valence-electron chi connectivity index (χ1n) is 7.22. The molecule has 0 aromatic heterocycles. The van der Waals surface area contributed by atoms with Crippen LogP contribution in [0.5, 0.6) is 5.75 Å². The van der Waals surface area contributed by atoms with Gasteiger partial charge in [0.05, 0.1) is 6.61 Å². The maximum atomic E-state index is 5.70. The molecule has 0 aliphatic carbocycles. The first kappa shape index (κ1) is 15.6. The molecule has 0 aliphatic heterocycles. The summed E-state index contributed by atoms with van der Waals surface area (Å²) >= 11 is 0. The number of hydrogen-bond donors (Lipinski definition) is 0. The summed E-state index contributed by atoms with van der Waals surface area (Å²) in [5.74, 6) is 0.980. The summed E-state index contributed by atoms with van der Waals surface area (Å²) in [6, 6.07) is 8.25. The van der Waals surface area contributed by atoms with Gasteiger partial charge in [-0.15, -0.1) is 0 Å². The molecule has 1 aromatic rings. The molecule has 0 N–H and O–H groups in total. The van der Waals surface area contributed by atoms with Crippen LogP contribution in [0, 0.1) is 6.92 Å². The van der Waals surface area contributed by atoms with E-state index >= 15 is 0 Å². The second-order valence-electron chi connectivity index (χ2n) is 5.04. The SMILES string of the molecule is C=CC(=C)CCCCCCCOc1ccc(C)cc1. The Morgan fingerprint density at radius 3 is 2.37 bits per heavy atom. The van der Waals surface area contributed by atoms with Crippen LogP contribution in [0.4, 0.5) is 0 Å². The van der Waals surface area contributed by atoms with Crippen LogP contribution in [0.15, 0.2) is 49.1 Å². The predicted molar refractivity (Wildman–Crippen MR) is 83.7 cm³/mol. The van der Waals surface area contributed by atoms with Crippen LogP contribution in [-0.2, 0) is 0 Å². The van der Waals surface area contributed by atoms with E-state index in [1.54, 1.807) is 0 Å². The highest BCUT2D eigenvalue weighted by Crippen LogP contribution is 2.13. The maximum absolute atomic E-state index is 5.70. The van der Waals surface area contributed by atoms with Crippen LogP contribution in [0.1, 0.15) is 44.1 Å². The van der Waals surface area contributed by atoms with Gasteiger partial charge in [0, 0.05) is 0 Å². The molecular weight excluding hydrogens is 232 g/mol. The Bertz CT molecular complexity index is 375. The number of unbranched alkanes of at least 4 members (excludes halogenated alkanes) is 4. The summed E-state index contributed by atoms with van der Waals surface area (Å²) in [7, 11) is 0. The number of allylic oxidation sites excluding steroid dienone is 2. The van der Waals surface area contributed by atoms with Gasteiger partial charge in [-0.2, -0.15) is 0 Å². The quantitative estimate of drug-likeness (QED) is 0.400. The third-order valence-corrected chi connectivity index (χ3v) is 3.22. The molecule has 0 saturated heterocycles. The molecule has 0 atom stereocenters. The van der Waals surface area contributed by atoms with Gasteiger partial charge in [-0.1, -0.05) is 61.8 Å². The smallest absolute Gasteiger partial charge is 0.119 e. The van der Waals surface area contributed by atoms with Gasteiger partial charge in [-0.3, -0.25) is 0 Å². The highest BCUT2D eigenvalue weighted by Gasteiger charge is 1.95. The van der Waals surface area contributed by atoms with Crippen molar-refractivity contribution in [3.63, 3.8) is 0 Å². The van der Waals surface area contributed by atoms with Gasteiger partial charge in [0.15, 0.2) is 0 Å². The Morgan fingerprint density at radius 1 is 1.05 bits per heavy atom. The van der Waals surface area contributed by atoms with Crippen LogP contribution in [0.25, 0.3) is 0 Å². The molecule has 0 unspecified atom stereocenters. The first-order chi connectivity index (χ1) is 9.22. The third kappa shape index (κ3) is 7.50. The predicted octanol–water partition coefficient (Wildman–Crippen LogP) is 5.46. The second-order valence-corrected chi connectivity index (χ2v) is 5.04. The van der Waals surface area contributed by atoms with Crippen molar-refractivity contribution < 1.29 is 4.74 Å². The number of hydrogen-bond acceptors (Lipinski definition) is 1. The van der Waals surface area contributed by atoms with Crippen molar-refractivity contribution in [1.29, 1.82) is 0 Å². The fourth-order valence-electron chi connectivity index (χ4n) is 1.91. The Hall–Kier alpha value is -1.50. The maximum Gasteiger partial charge on any atom is 0.119 e. The zero-order valence-corrected chi connectivity index (χ0v) is 12.2. The molecule has 0 radical (unpaired) electrons. The van der Waals surface area contributed by atoms with Gasteiger partial charge in [-0.25, -0.2) is 0 Å². The molecule has 0 amide bonds. The van der Waals surface area contributed by atoms with Crippen LogP contribution in [0.2, 0.25) is 0 Å². The van der Waals surface area contributed by atoms with E-state index in [1.165, 1.54) is 31.2 Å². The van der Waals surface area contributed by atoms with Crippen molar-refractivity contribution in [2.75, 3.05) is 6.61 Å². The lowest BCUT2D eigenvalue weighted by Gasteiger charge is -2.06.